The van der Waals surface area contributed by atoms with Crippen LogP contribution in [-0.4, -0.2) is 18.1 Å². The highest BCUT2D eigenvalue weighted by Crippen LogP contribution is 2.37. The van der Waals surface area contributed by atoms with Crippen LogP contribution in [-0.2, 0) is 5.54 Å². The summed E-state index contributed by atoms with van der Waals surface area (Å²) in [6, 6.07) is 9.25. The molecule has 0 bridgehead atoms. The van der Waals surface area contributed by atoms with Crippen LogP contribution in [0.2, 0.25) is 0 Å². The van der Waals surface area contributed by atoms with E-state index >= 15 is 0 Å². The minimum atomic E-state index is 0.229. The van der Waals surface area contributed by atoms with E-state index in [-0.39, 0.29) is 5.54 Å². The van der Waals surface area contributed by atoms with Crippen LogP contribution in [0.15, 0.2) is 24.3 Å². The average Bonchev–Trinajstić information content (AvgIpc) is 2.65. The quantitative estimate of drug-likeness (QED) is 0.842. The van der Waals surface area contributed by atoms with Gasteiger partial charge in [-0.05, 0) is 37.4 Å². The Balaban J connectivity index is 1.89. The minimum absolute atomic E-state index is 0.229. The first-order chi connectivity index (χ1) is 7.78. The SMILES string of the molecule is CC1(c2cccc(C3CSC3)c2)CCCN1. The van der Waals surface area contributed by atoms with Crippen LogP contribution in [0.4, 0.5) is 0 Å². The largest absolute Gasteiger partial charge is 0.308 e. The van der Waals surface area contributed by atoms with Gasteiger partial charge in [-0.2, -0.15) is 11.8 Å². The Hall–Kier alpha value is -0.470. The Labute approximate surface area is 102 Å². The first-order valence-corrected chi connectivity index (χ1v) is 7.37. The lowest BCUT2D eigenvalue weighted by Gasteiger charge is -2.29. The van der Waals surface area contributed by atoms with Crippen LogP contribution >= 0.6 is 11.8 Å². The Morgan fingerprint density at radius 1 is 1.38 bits per heavy atom. The number of nitrogens with one attached hydrogen (secondary N) is 1. The summed E-state index contributed by atoms with van der Waals surface area (Å²) in [6.07, 6.45) is 2.58. The summed E-state index contributed by atoms with van der Waals surface area (Å²) in [5, 5.41) is 3.65. The summed E-state index contributed by atoms with van der Waals surface area (Å²) in [5.74, 6) is 3.44. The molecule has 0 amide bonds. The maximum Gasteiger partial charge on any atom is 0.0406 e. The normalized spacial score (nSPS) is 30.3. The molecule has 2 heterocycles. The molecule has 2 saturated heterocycles. The molecule has 2 fully saturated rings. The molecule has 0 aromatic heterocycles. The van der Waals surface area contributed by atoms with Crippen LogP contribution in [0, 0.1) is 0 Å². The van der Waals surface area contributed by atoms with Crippen LogP contribution in [0.1, 0.15) is 36.8 Å². The molecule has 1 aromatic carbocycles. The van der Waals surface area contributed by atoms with E-state index in [2.05, 4.69) is 48.3 Å². The number of thioether (sulfide) groups is 1. The molecule has 1 unspecified atom stereocenters. The van der Waals surface area contributed by atoms with E-state index in [1.807, 2.05) is 0 Å². The highest BCUT2D eigenvalue weighted by Gasteiger charge is 2.30. The number of benzene rings is 1. The Morgan fingerprint density at radius 3 is 2.88 bits per heavy atom. The van der Waals surface area contributed by atoms with Crippen molar-refractivity contribution in [2.24, 2.45) is 0 Å². The lowest BCUT2D eigenvalue weighted by atomic mass is 9.87. The van der Waals surface area contributed by atoms with Crippen molar-refractivity contribution in [1.29, 1.82) is 0 Å². The van der Waals surface area contributed by atoms with Crippen LogP contribution < -0.4 is 5.32 Å². The van der Waals surface area contributed by atoms with Crippen molar-refractivity contribution < 1.29 is 0 Å². The van der Waals surface area contributed by atoms with Crippen LogP contribution in [0.3, 0.4) is 0 Å². The van der Waals surface area contributed by atoms with Gasteiger partial charge >= 0.3 is 0 Å². The zero-order chi connectivity index (χ0) is 11.0. The van der Waals surface area contributed by atoms with Gasteiger partial charge in [-0.3, -0.25) is 0 Å². The molecule has 0 aliphatic carbocycles. The van der Waals surface area contributed by atoms with Crippen molar-refractivity contribution >= 4 is 11.8 Å². The van der Waals surface area contributed by atoms with Crippen LogP contribution in [0.25, 0.3) is 0 Å². The molecule has 3 rings (SSSR count). The molecular weight excluding hydrogens is 214 g/mol. The molecule has 1 aromatic rings. The molecular formula is C14H19NS. The van der Waals surface area contributed by atoms with Crippen molar-refractivity contribution in [3.8, 4) is 0 Å². The topological polar surface area (TPSA) is 12.0 Å². The zero-order valence-electron chi connectivity index (χ0n) is 9.83. The van der Waals surface area contributed by atoms with Crippen molar-refractivity contribution in [3.05, 3.63) is 35.4 Å². The lowest BCUT2D eigenvalue weighted by Crippen LogP contribution is -2.33. The second kappa shape index (κ2) is 4.08. The molecule has 0 spiro atoms. The molecule has 0 saturated carbocycles. The summed E-state index contributed by atoms with van der Waals surface area (Å²) in [4.78, 5) is 0. The number of rotatable bonds is 2. The third-order valence-corrected chi connectivity index (χ3v) is 5.28. The zero-order valence-corrected chi connectivity index (χ0v) is 10.6. The van der Waals surface area contributed by atoms with Gasteiger partial charge < -0.3 is 5.32 Å². The molecule has 2 heteroatoms. The summed E-state index contributed by atoms with van der Waals surface area (Å²) < 4.78 is 0. The second-order valence-electron chi connectivity index (χ2n) is 5.22. The number of hydrogen-bond acceptors (Lipinski definition) is 2. The van der Waals surface area contributed by atoms with Gasteiger partial charge in [0.1, 0.15) is 0 Å². The smallest absolute Gasteiger partial charge is 0.0406 e. The fourth-order valence-electron chi connectivity index (χ4n) is 2.70. The van der Waals surface area contributed by atoms with E-state index in [1.54, 1.807) is 5.56 Å². The van der Waals surface area contributed by atoms with Gasteiger partial charge in [0.2, 0.25) is 0 Å². The van der Waals surface area contributed by atoms with Gasteiger partial charge in [-0.1, -0.05) is 24.3 Å². The van der Waals surface area contributed by atoms with E-state index in [9.17, 15) is 0 Å². The summed E-state index contributed by atoms with van der Waals surface area (Å²) in [7, 11) is 0. The van der Waals surface area contributed by atoms with E-state index < -0.39 is 0 Å². The van der Waals surface area contributed by atoms with Crippen LogP contribution in [0.5, 0.6) is 0 Å². The van der Waals surface area contributed by atoms with Crippen molar-refractivity contribution in [3.63, 3.8) is 0 Å². The summed E-state index contributed by atoms with van der Waals surface area (Å²) in [5.41, 5.74) is 3.26. The molecule has 2 aliphatic rings. The Kier molecular flexibility index (Phi) is 2.72. The molecule has 1 N–H and O–H groups in total. The highest BCUT2D eigenvalue weighted by molar-refractivity contribution is 8.00. The second-order valence-corrected chi connectivity index (χ2v) is 6.30. The van der Waals surface area contributed by atoms with Gasteiger partial charge in [-0.25, -0.2) is 0 Å². The van der Waals surface area contributed by atoms with E-state index in [1.165, 1.54) is 36.5 Å². The van der Waals surface area contributed by atoms with Gasteiger partial charge in [0.15, 0.2) is 0 Å². The van der Waals surface area contributed by atoms with Crippen molar-refractivity contribution in [2.75, 3.05) is 18.1 Å². The molecule has 1 nitrogen and oxygen atoms in total. The molecule has 16 heavy (non-hydrogen) atoms. The maximum absolute atomic E-state index is 3.65. The van der Waals surface area contributed by atoms with E-state index in [4.69, 9.17) is 0 Å². The van der Waals surface area contributed by atoms with Gasteiger partial charge in [0.05, 0.1) is 0 Å². The Morgan fingerprint density at radius 2 is 2.25 bits per heavy atom. The lowest BCUT2D eigenvalue weighted by molar-refractivity contribution is 0.434. The van der Waals surface area contributed by atoms with Gasteiger partial charge in [0.25, 0.3) is 0 Å². The van der Waals surface area contributed by atoms with Gasteiger partial charge in [-0.15, -0.1) is 0 Å². The summed E-state index contributed by atoms with van der Waals surface area (Å²) >= 11 is 2.06. The predicted octanol–water partition coefficient (Wildman–Crippen LogP) is 3.12. The van der Waals surface area contributed by atoms with Gasteiger partial charge in [0, 0.05) is 23.0 Å². The minimum Gasteiger partial charge on any atom is -0.308 e. The molecule has 0 radical (unpaired) electrons. The third-order valence-electron chi connectivity index (χ3n) is 4.00. The monoisotopic (exact) mass is 233 g/mol. The third kappa shape index (κ3) is 1.78. The molecule has 1 atom stereocenters. The first kappa shape index (κ1) is 10.7. The average molecular weight is 233 g/mol. The van der Waals surface area contributed by atoms with E-state index in [0.29, 0.717) is 0 Å². The fourth-order valence-corrected chi connectivity index (χ4v) is 3.56. The predicted molar refractivity (Wildman–Crippen MR) is 71.1 cm³/mol. The fraction of sp³-hybridized carbons (Fsp3) is 0.571. The Bertz CT molecular complexity index is 378. The maximum atomic E-state index is 3.65. The van der Waals surface area contributed by atoms with Crippen molar-refractivity contribution in [2.45, 2.75) is 31.2 Å². The first-order valence-electron chi connectivity index (χ1n) is 6.21. The molecule has 2 aliphatic heterocycles. The van der Waals surface area contributed by atoms with Crippen molar-refractivity contribution in [1.82, 2.24) is 5.32 Å². The molecule has 86 valence electrons. The highest BCUT2D eigenvalue weighted by atomic mass is 32.2. The summed E-state index contributed by atoms with van der Waals surface area (Å²) in [6.45, 7) is 3.51. The number of hydrogen-bond donors (Lipinski definition) is 1. The van der Waals surface area contributed by atoms with E-state index in [0.717, 1.165) is 5.92 Å². The standard InChI is InChI=1S/C14H19NS/c1-14(6-3-7-15-14)13-5-2-4-11(8-13)12-9-16-10-12/h2,4-5,8,12,15H,3,6-7,9-10H2,1H3.